The Balaban J connectivity index is 0.000000205. The van der Waals surface area contributed by atoms with Crippen molar-refractivity contribution in [3.05, 3.63) is 111 Å². The van der Waals surface area contributed by atoms with Gasteiger partial charge in [0.2, 0.25) is 5.95 Å². The first kappa shape index (κ1) is 89.9. The summed E-state index contributed by atoms with van der Waals surface area (Å²) in [4.78, 5) is 113. The number of Topliss-reactive ketones (excluding diaryl/α,β-unsaturated/α-hetero) is 1. The number of nitrogen functional groups attached to an aromatic ring is 6. The highest BCUT2D eigenvalue weighted by atomic mass is 16.1. The third-order valence-corrected chi connectivity index (χ3v) is 16.8. The van der Waals surface area contributed by atoms with Crippen molar-refractivity contribution in [3.8, 4) is 0 Å². The number of hydrogen-bond donors (Lipinski definition) is 11. The van der Waals surface area contributed by atoms with Crippen molar-refractivity contribution in [1.29, 1.82) is 5.41 Å². The van der Waals surface area contributed by atoms with Crippen molar-refractivity contribution in [2.45, 2.75) is 247 Å². The number of nitrogens with zero attached hydrogens (tertiary/aromatic N) is 25. The van der Waals surface area contributed by atoms with E-state index >= 15 is 0 Å². The van der Waals surface area contributed by atoms with Gasteiger partial charge >= 0.3 is 5.56 Å². The number of aromatic amines is 1. The lowest BCUT2D eigenvalue weighted by molar-refractivity contribution is -0.117. The third kappa shape index (κ3) is 20.8. The molecule has 113 heavy (non-hydrogen) atoms. The number of aryl methyl sites for hydroxylation is 5. The number of nitrogens with two attached hydrogens (primary N) is 6. The molecule has 39 heteroatoms. The maximum Gasteiger partial charge on any atom is 0.301 e. The highest BCUT2D eigenvalue weighted by Gasteiger charge is 2.27. The minimum absolute atomic E-state index is 0. The van der Waals surface area contributed by atoms with Crippen molar-refractivity contribution in [2.75, 3.05) is 40.3 Å². The van der Waals surface area contributed by atoms with Gasteiger partial charge in [0, 0.05) is 45.3 Å². The van der Waals surface area contributed by atoms with Gasteiger partial charge in [0.1, 0.15) is 56.7 Å². The first-order valence-corrected chi connectivity index (χ1v) is 35.7. The Bertz CT molecular complexity index is 5550. The van der Waals surface area contributed by atoms with Crippen LogP contribution in [0.2, 0.25) is 0 Å². The van der Waals surface area contributed by atoms with Gasteiger partial charge in [-0.3, -0.25) is 24.8 Å². The van der Waals surface area contributed by atoms with Crippen LogP contribution >= 0.6 is 0 Å². The minimum Gasteiger partial charge on any atom is -0.382 e. The molecule has 0 aliphatic carbocycles. The predicted octanol–water partition coefficient (Wildman–Crippen LogP) is 8.19. The monoisotopic (exact) mass is 1560 g/mol. The fourth-order valence-electron chi connectivity index (χ4n) is 11.5. The molecule has 17 N–H and O–H groups in total. The summed E-state index contributed by atoms with van der Waals surface area (Å²) in [5.74, 6) is 16.4. The summed E-state index contributed by atoms with van der Waals surface area (Å²) in [6.07, 6.45) is 12.5. The maximum atomic E-state index is 11.9. The zero-order chi connectivity index (χ0) is 82.9. The highest BCUT2D eigenvalue weighted by Crippen LogP contribution is 2.29. The molecule has 0 bridgehead atoms. The number of rotatable bonds is 2. The standard InChI is InChI=1S/C11H16N6.C11H17N3O.2C10H16N6.C10H13N5O2.2C10H15N5.2CH4/c1-6-15-9(12)7-8(10(13)16-6)17(5-14-7)11(2,3)4;1-11(2,3)14-7-13-9-4-8(15)5-12-6-10(9)14;2*1-6-13-8(15-11)7-9(14-6)16(5-12-7)10(2,3)4;1-10(2,3)15-4-12-5-6(15)8(17)14-9(11)13-7(5)16;2*1-6-13-8(11)7-9(14-6)15(5-12-7)10(2,3)4;;/h5H,1-4H3,(H3,12,13,15,16);7,12H,4-6H2,1-3H3;2*5H,11H2,1-4H3,(H,13,14,15);4H,1-3H3,(H3,11,13,14,16,17);2*5H,1-4H3,(H2,11,13,14);2*1H4. The van der Waals surface area contributed by atoms with E-state index in [9.17, 15) is 14.4 Å². The molecule has 0 radical (unpaired) electrons. The van der Waals surface area contributed by atoms with Gasteiger partial charge in [-0.05, 0) is 180 Å². The first-order chi connectivity index (χ1) is 51.2. The van der Waals surface area contributed by atoms with E-state index in [2.05, 4.69) is 219 Å². The molecule has 39 nitrogen and oxygen atoms in total. The van der Waals surface area contributed by atoms with E-state index < -0.39 is 11.1 Å². The largest absolute Gasteiger partial charge is 0.382 e. The summed E-state index contributed by atoms with van der Waals surface area (Å²) in [7, 11) is 0. The summed E-state index contributed by atoms with van der Waals surface area (Å²) in [6.45, 7) is 53.7. The van der Waals surface area contributed by atoms with Gasteiger partial charge in [-0.25, -0.2) is 96.4 Å². The summed E-state index contributed by atoms with van der Waals surface area (Å²) in [5.41, 5.74) is 35.6. The number of carbonyl (C=O) groups is 1. The van der Waals surface area contributed by atoms with Crippen molar-refractivity contribution in [2.24, 2.45) is 11.7 Å². The van der Waals surface area contributed by atoms with E-state index in [4.69, 9.17) is 40.0 Å². The fraction of sp³-hybridized carbons (Fsp3) is 0.514. The van der Waals surface area contributed by atoms with E-state index in [1.165, 1.54) is 6.33 Å². The molecule has 0 spiro atoms. The van der Waals surface area contributed by atoms with Crippen LogP contribution in [0.3, 0.4) is 0 Å². The molecule has 14 rings (SSSR count). The fourth-order valence-corrected chi connectivity index (χ4v) is 11.5. The molecule has 0 saturated heterocycles. The lowest BCUT2D eigenvalue weighted by Crippen LogP contribution is -2.26. The smallest absolute Gasteiger partial charge is 0.301 e. The van der Waals surface area contributed by atoms with Gasteiger partial charge in [-0.2, -0.15) is 4.98 Å². The van der Waals surface area contributed by atoms with E-state index in [-0.39, 0.29) is 81.9 Å². The molecular weight excluding hydrogens is 1440 g/mol. The highest BCUT2D eigenvalue weighted by molar-refractivity contribution is 5.86. The number of ketones is 1. The number of H-pyrrole nitrogens is 1. The third-order valence-electron chi connectivity index (χ3n) is 16.8. The molecule has 14 heterocycles. The van der Waals surface area contributed by atoms with Crippen LogP contribution in [0.4, 0.5) is 35.0 Å². The second kappa shape index (κ2) is 33.9. The second-order valence-electron chi connectivity index (χ2n) is 33.4. The van der Waals surface area contributed by atoms with Crippen LogP contribution in [0.15, 0.2) is 53.9 Å². The van der Waals surface area contributed by atoms with Crippen molar-refractivity contribution < 1.29 is 4.79 Å². The molecule has 0 amide bonds. The number of fused-ring (bicyclic) bond motifs is 7. The molecule has 0 atom stereocenters. The van der Waals surface area contributed by atoms with Crippen molar-refractivity contribution in [3.63, 3.8) is 0 Å². The van der Waals surface area contributed by atoms with Gasteiger partial charge in [0.25, 0.3) is 5.56 Å². The van der Waals surface area contributed by atoms with Gasteiger partial charge in [0.15, 0.2) is 79.5 Å². The Hall–Kier alpha value is -12.0. The average molecular weight is 1560 g/mol. The Labute approximate surface area is 656 Å². The maximum absolute atomic E-state index is 11.9. The molecule has 0 fully saturated rings. The molecule has 1 aliphatic rings. The summed E-state index contributed by atoms with van der Waals surface area (Å²) in [5, 5.41) is 11.0. The lowest BCUT2D eigenvalue weighted by atomic mass is 10.1. The summed E-state index contributed by atoms with van der Waals surface area (Å²) < 4.78 is 13.7. The number of hydrazine groups is 2. The summed E-state index contributed by atoms with van der Waals surface area (Å²) in [6, 6.07) is 0. The quantitative estimate of drug-likeness (QED) is 0.0573. The average Bonchev–Trinajstić information content (AvgIpc) is 1.67. The normalized spacial score (nSPS) is 12.6. The topological polar surface area (TPSA) is 550 Å². The van der Waals surface area contributed by atoms with Crippen LogP contribution in [0.25, 0.3) is 66.7 Å². The Morgan fingerprint density at radius 2 is 0.690 bits per heavy atom. The van der Waals surface area contributed by atoms with Crippen LogP contribution in [0, 0.1) is 40.0 Å². The van der Waals surface area contributed by atoms with E-state index in [0.29, 0.717) is 104 Å². The number of hydrogen-bond acceptors (Lipinski definition) is 31. The zero-order valence-corrected chi connectivity index (χ0v) is 68.5. The molecule has 0 aromatic carbocycles. The van der Waals surface area contributed by atoms with Crippen LogP contribution in [0.1, 0.15) is 201 Å². The van der Waals surface area contributed by atoms with Gasteiger partial charge in [0.05, 0.1) is 68.6 Å². The van der Waals surface area contributed by atoms with E-state index in [1.54, 1.807) is 43.1 Å². The van der Waals surface area contributed by atoms with Crippen LogP contribution in [-0.2, 0) is 56.5 Å². The Kier molecular flexibility index (Phi) is 27.0. The number of nitrogens with one attached hydrogen (secondary N) is 5. The molecule has 13 aromatic rings. The molecule has 1 aliphatic heterocycles. The lowest BCUT2D eigenvalue weighted by Gasteiger charge is -2.23. The van der Waals surface area contributed by atoms with Gasteiger partial charge < -0.3 is 71.1 Å². The zero-order valence-electron chi connectivity index (χ0n) is 68.5. The van der Waals surface area contributed by atoms with E-state index in [1.807, 2.05) is 98.4 Å². The molecule has 0 unspecified atom stereocenters. The first-order valence-electron chi connectivity index (χ1n) is 35.7. The Morgan fingerprint density at radius 1 is 0.372 bits per heavy atom. The molecule has 0 saturated carbocycles. The van der Waals surface area contributed by atoms with E-state index in [0.717, 1.165) is 40.5 Å². The van der Waals surface area contributed by atoms with Gasteiger partial charge in [-0.1, -0.05) is 14.9 Å². The molecule has 610 valence electrons. The number of carbonyl (C=O) groups excluding carboxylic acids is 1. The molecule has 13 aromatic heterocycles. The van der Waals surface area contributed by atoms with Crippen molar-refractivity contribution in [1.82, 2.24) is 132 Å². The van der Waals surface area contributed by atoms with Crippen LogP contribution in [0.5, 0.6) is 0 Å². The summed E-state index contributed by atoms with van der Waals surface area (Å²) >= 11 is 0. The second-order valence-corrected chi connectivity index (χ2v) is 33.4. The Morgan fingerprint density at radius 3 is 1.08 bits per heavy atom. The van der Waals surface area contributed by atoms with Crippen LogP contribution in [-0.4, -0.2) is 139 Å². The molecular formula is C74H116N36O3. The minimum atomic E-state index is -0.612. The number of aromatic nitrogens is 26. The van der Waals surface area contributed by atoms with Crippen LogP contribution < -0.4 is 67.4 Å². The SMILES string of the molecule is C.C.CC(C)(C)n1cnc2c(=O)nc(N)[nH]c(=O)c21.CC(C)(C)n1cnc2c1CNCC(=O)C2.Cc1nc(N)c2c(ncn2C(C)(C)C)c(=N)n1.Cc1nc(N)c2ncn(C(C)(C)C)c2n1.Cc1nc(N)c2ncn(C(C)(C)C)c2n1.Cc1nc(NN)c2ncn(C(C)(C)C)c2n1.Cc1nc(NN)c2ncn(C(C)(C)C)c2n1. The number of imidazole rings is 7. The number of anilines is 6. The van der Waals surface area contributed by atoms with Gasteiger partial charge in [-0.15, -0.1) is 0 Å². The van der Waals surface area contributed by atoms with Crippen molar-refractivity contribution >= 4 is 108 Å². The predicted molar refractivity (Wildman–Crippen MR) is 445 cm³/mol.